The van der Waals surface area contributed by atoms with E-state index in [1.54, 1.807) is 11.3 Å². The SMILES string of the molecule is CCn1cc2c(n1)C(COCC1CC1)CN(Cc1ccsc1)C2.O=C(O)C(F)(F)F. The molecule has 2 aromatic rings. The van der Waals surface area contributed by atoms with E-state index in [9.17, 15) is 13.2 Å². The maximum Gasteiger partial charge on any atom is 0.490 e. The summed E-state index contributed by atoms with van der Waals surface area (Å²) in [6, 6.07) is 2.23. The van der Waals surface area contributed by atoms with Crippen molar-refractivity contribution in [2.75, 3.05) is 19.8 Å². The molecule has 4 rings (SSSR count). The van der Waals surface area contributed by atoms with Gasteiger partial charge in [-0.05, 0) is 48.1 Å². The predicted octanol–water partition coefficient (Wildman–Crippen LogP) is 4.12. The number of hydrogen-bond donors (Lipinski definition) is 1. The maximum absolute atomic E-state index is 10.6. The lowest BCUT2D eigenvalue weighted by Crippen LogP contribution is -2.34. The number of thiophene rings is 1. The van der Waals surface area contributed by atoms with Crippen LogP contribution in [0.3, 0.4) is 0 Å². The van der Waals surface area contributed by atoms with Crippen molar-refractivity contribution >= 4 is 17.3 Å². The van der Waals surface area contributed by atoms with E-state index in [0.29, 0.717) is 5.92 Å². The van der Waals surface area contributed by atoms with E-state index in [0.717, 1.165) is 45.3 Å². The standard InChI is InChI=1S/C18H25N3OS.C2HF3O2/c1-2-21-10-16-8-20(7-15-5-6-23-13-15)9-17(18(16)19-21)12-22-11-14-3-4-14;3-2(4,5)1(6)7/h5-6,10,13-14,17H,2-4,7-9,11-12H2,1H3;(H,6,7). The fourth-order valence-electron chi connectivity index (χ4n) is 3.36. The maximum atomic E-state index is 10.6. The number of halogens is 3. The average molecular weight is 446 g/mol. The molecule has 6 nitrogen and oxygen atoms in total. The molecule has 30 heavy (non-hydrogen) atoms. The molecule has 166 valence electrons. The number of aryl methyl sites for hydroxylation is 1. The summed E-state index contributed by atoms with van der Waals surface area (Å²) in [6.45, 7) is 7.92. The van der Waals surface area contributed by atoms with Crippen LogP contribution >= 0.6 is 11.3 Å². The highest BCUT2D eigenvalue weighted by Gasteiger charge is 2.38. The van der Waals surface area contributed by atoms with E-state index in [-0.39, 0.29) is 0 Å². The van der Waals surface area contributed by atoms with E-state index >= 15 is 0 Å². The molecule has 0 amide bonds. The third-order valence-corrected chi connectivity index (χ3v) is 5.78. The number of fused-ring (bicyclic) bond motifs is 1. The molecule has 1 fully saturated rings. The van der Waals surface area contributed by atoms with Crippen molar-refractivity contribution < 1.29 is 27.8 Å². The largest absolute Gasteiger partial charge is 0.490 e. The zero-order valence-corrected chi connectivity index (χ0v) is 17.6. The van der Waals surface area contributed by atoms with Crippen LogP contribution in [-0.2, 0) is 29.2 Å². The van der Waals surface area contributed by atoms with E-state index in [1.807, 2.05) is 0 Å². The third-order valence-electron chi connectivity index (χ3n) is 5.05. The molecule has 1 aliphatic heterocycles. The molecule has 2 aliphatic rings. The highest BCUT2D eigenvalue weighted by atomic mass is 32.1. The van der Waals surface area contributed by atoms with Crippen LogP contribution in [0.4, 0.5) is 13.2 Å². The van der Waals surface area contributed by atoms with Crippen LogP contribution in [0.2, 0.25) is 0 Å². The van der Waals surface area contributed by atoms with Crippen molar-refractivity contribution in [1.82, 2.24) is 14.7 Å². The number of ether oxygens (including phenoxy) is 1. The molecule has 0 radical (unpaired) electrons. The topological polar surface area (TPSA) is 67.6 Å². The second-order valence-corrected chi connectivity index (χ2v) is 8.46. The minimum absolute atomic E-state index is 0.406. The number of carboxylic acids is 1. The van der Waals surface area contributed by atoms with E-state index < -0.39 is 12.1 Å². The lowest BCUT2D eigenvalue weighted by Gasteiger charge is -2.31. The molecule has 1 atom stereocenters. The van der Waals surface area contributed by atoms with Crippen LogP contribution < -0.4 is 0 Å². The van der Waals surface area contributed by atoms with Crippen molar-refractivity contribution in [3.8, 4) is 0 Å². The van der Waals surface area contributed by atoms with Crippen molar-refractivity contribution in [3.05, 3.63) is 39.8 Å². The zero-order valence-electron chi connectivity index (χ0n) is 16.8. The number of rotatable bonds is 7. The highest BCUT2D eigenvalue weighted by molar-refractivity contribution is 7.07. The van der Waals surface area contributed by atoms with Crippen LogP contribution in [0.15, 0.2) is 23.0 Å². The summed E-state index contributed by atoms with van der Waals surface area (Å²) in [7, 11) is 0. The quantitative estimate of drug-likeness (QED) is 0.694. The molecule has 2 aromatic heterocycles. The number of aromatic nitrogens is 2. The van der Waals surface area contributed by atoms with Gasteiger partial charge in [-0.3, -0.25) is 9.58 Å². The highest BCUT2D eigenvalue weighted by Crippen LogP contribution is 2.31. The summed E-state index contributed by atoms with van der Waals surface area (Å²) < 4.78 is 39.8. The Balaban J connectivity index is 0.000000318. The number of carbonyl (C=O) groups is 1. The van der Waals surface area contributed by atoms with Gasteiger partial charge in [-0.15, -0.1) is 0 Å². The first-order valence-electron chi connectivity index (χ1n) is 9.93. The Kier molecular flexibility index (Phi) is 7.54. The first-order valence-corrected chi connectivity index (χ1v) is 10.9. The Morgan fingerprint density at radius 2 is 2.10 bits per heavy atom. The van der Waals surface area contributed by atoms with Gasteiger partial charge < -0.3 is 9.84 Å². The molecular weight excluding hydrogens is 419 g/mol. The fourth-order valence-corrected chi connectivity index (χ4v) is 4.02. The van der Waals surface area contributed by atoms with Crippen LogP contribution in [0.1, 0.15) is 42.5 Å². The minimum atomic E-state index is -5.08. The average Bonchev–Trinajstić information content (AvgIpc) is 3.18. The smallest absolute Gasteiger partial charge is 0.475 e. The molecule has 1 aliphatic carbocycles. The molecule has 10 heteroatoms. The lowest BCUT2D eigenvalue weighted by molar-refractivity contribution is -0.192. The Bertz CT molecular complexity index is 819. The summed E-state index contributed by atoms with van der Waals surface area (Å²) in [5.41, 5.74) is 4.07. The fraction of sp³-hybridized carbons (Fsp3) is 0.600. The summed E-state index contributed by atoms with van der Waals surface area (Å²) in [6.07, 6.45) is -0.154. The summed E-state index contributed by atoms with van der Waals surface area (Å²) >= 11 is 1.78. The van der Waals surface area contributed by atoms with Gasteiger partial charge in [0.15, 0.2) is 0 Å². The minimum Gasteiger partial charge on any atom is -0.475 e. The Morgan fingerprint density at radius 3 is 2.67 bits per heavy atom. The van der Waals surface area contributed by atoms with Crippen LogP contribution in [0.5, 0.6) is 0 Å². The Morgan fingerprint density at radius 1 is 1.37 bits per heavy atom. The predicted molar refractivity (Wildman–Crippen MR) is 106 cm³/mol. The first kappa shape index (κ1) is 22.8. The number of aliphatic carboxylic acids is 1. The molecule has 0 spiro atoms. The lowest BCUT2D eigenvalue weighted by atomic mass is 9.97. The van der Waals surface area contributed by atoms with Gasteiger partial charge in [0.05, 0.1) is 12.3 Å². The molecule has 1 unspecified atom stereocenters. The van der Waals surface area contributed by atoms with Crippen LogP contribution in [-0.4, -0.2) is 51.7 Å². The van der Waals surface area contributed by atoms with Gasteiger partial charge in [0.1, 0.15) is 0 Å². The Hall–Kier alpha value is -1.91. The van der Waals surface area contributed by atoms with Crippen molar-refractivity contribution in [1.29, 1.82) is 0 Å². The third kappa shape index (κ3) is 6.55. The zero-order chi connectivity index (χ0) is 21.7. The molecule has 3 heterocycles. The van der Waals surface area contributed by atoms with Crippen LogP contribution in [0.25, 0.3) is 0 Å². The first-order chi connectivity index (χ1) is 14.3. The van der Waals surface area contributed by atoms with Crippen molar-refractivity contribution in [2.45, 2.75) is 51.5 Å². The van der Waals surface area contributed by atoms with Gasteiger partial charge in [0, 0.05) is 50.5 Å². The van der Waals surface area contributed by atoms with Gasteiger partial charge in [0.25, 0.3) is 0 Å². The second-order valence-electron chi connectivity index (χ2n) is 7.68. The van der Waals surface area contributed by atoms with Gasteiger partial charge in [0.2, 0.25) is 0 Å². The van der Waals surface area contributed by atoms with Gasteiger partial charge in [-0.25, -0.2) is 4.79 Å². The monoisotopic (exact) mass is 445 g/mol. The molecule has 0 bridgehead atoms. The van der Waals surface area contributed by atoms with E-state index in [4.69, 9.17) is 19.7 Å². The Labute approximate surface area is 177 Å². The van der Waals surface area contributed by atoms with Crippen LogP contribution in [0, 0.1) is 5.92 Å². The summed E-state index contributed by atoms with van der Waals surface area (Å²) in [5, 5.41) is 16.3. The van der Waals surface area contributed by atoms with Gasteiger partial charge >= 0.3 is 12.1 Å². The molecule has 0 aromatic carbocycles. The van der Waals surface area contributed by atoms with Gasteiger partial charge in [-0.1, -0.05) is 0 Å². The second kappa shape index (κ2) is 9.93. The van der Waals surface area contributed by atoms with Gasteiger partial charge in [-0.2, -0.15) is 29.6 Å². The molecular formula is C20H26F3N3O3S. The normalized spacial score (nSPS) is 19.1. The van der Waals surface area contributed by atoms with Crippen molar-refractivity contribution in [2.24, 2.45) is 5.92 Å². The van der Waals surface area contributed by atoms with E-state index in [2.05, 4.69) is 39.5 Å². The summed E-state index contributed by atoms with van der Waals surface area (Å²) in [4.78, 5) is 11.4. The molecule has 1 saturated carbocycles. The summed E-state index contributed by atoms with van der Waals surface area (Å²) in [5.74, 6) is -1.52. The molecule has 1 N–H and O–H groups in total. The number of carboxylic acid groups (broad SMARTS) is 1. The molecule has 0 saturated heterocycles. The number of nitrogens with zero attached hydrogens (tertiary/aromatic N) is 3. The van der Waals surface area contributed by atoms with E-state index in [1.165, 1.54) is 29.7 Å². The number of hydrogen-bond acceptors (Lipinski definition) is 5. The number of alkyl halides is 3. The van der Waals surface area contributed by atoms with Crippen molar-refractivity contribution in [3.63, 3.8) is 0 Å².